The monoisotopic (exact) mass is 720 g/mol. The Labute approximate surface area is 317 Å². The van der Waals surface area contributed by atoms with Gasteiger partial charge in [-0.1, -0.05) is 118 Å². The average Bonchev–Trinajstić information content (AvgIpc) is 3.91. The summed E-state index contributed by atoms with van der Waals surface area (Å²) in [5.41, 5.74) is 10.8. The van der Waals surface area contributed by atoms with Gasteiger partial charge in [0.05, 0.1) is 16.6 Å². The molecule has 6 aromatic carbocycles. The highest BCUT2D eigenvalue weighted by atomic mass is 32.1. The molecule has 0 spiro atoms. The number of thiophene rings is 2. The lowest BCUT2D eigenvalue weighted by atomic mass is 9.80. The highest BCUT2D eigenvalue weighted by Gasteiger charge is 2.46. The molecule has 0 fully saturated rings. The van der Waals surface area contributed by atoms with Gasteiger partial charge >= 0.3 is 0 Å². The van der Waals surface area contributed by atoms with Gasteiger partial charge in [0.2, 0.25) is 0 Å². The number of anilines is 2. The van der Waals surface area contributed by atoms with Gasteiger partial charge in [0.25, 0.3) is 0 Å². The highest BCUT2D eigenvalue weighted by molar-refractivity contribution is 7.30. The SMILES string of the molecule is CCCc1c(CCC)c2c3ccc(-n4c5ccccc5c5ccccc54)cc3sc2c2c1sc1cc(N3c4ccccc4C4C=CC=CC43C)ccc12. The van der Waals surface area contributed by atoms with Crippen LogP contribution in [0.3, 0.4) is 0 Å². The van der Waals surface area contributed by atoms with Gasteiger partial charge in [-0.3, -0.25) is 0 Å². The van der Waals surface area contributed by atoms with Crippen LogP contribution in [0, 0.1) is 0 Å². The number of benzene rings is 6. The molecule has 53 heavy (non-hydrogen) atoms. The first-order chi connectivity index (χ1) is 26.1. The number of para-hydroxylation sites is 3. The largest absolute Gasteiger partial charge is 0.331 e. The van der Waals surface area contributed by atoms with Crippen molar-refractivity contribution in [2.45, 2.75) is 57.9 Å². The van der Waals surface area contributed by atoms with Crippen molar-refractivity contribution in [3.05, 3.63) is 150 Å². The first kappa shape index (κ1) is 31.4. The van der Waals surface area contributed by atoms with Gasteiger partial charge in [-0.2, -0.15) is 0 Å². The lowest BCUT2D eigenvalue weighted by Gasteiger charge is -2.39. The third-order valence-electron chi connectivity index (χ3n) is 12.1. The lowest BCUT2D eigenvalue weighted by Crippen LogP contribution is -2.41. The van der Waals surface area contributed by atoms with Crippen LogP contribution in [0.4, 0.5) is 11.4 Å². The van der Waals surface area contributed by atoms with Gasteiger partial charge in [-0.15, -0.1) is 22.7 Å². The fourth-order valence-electron chi connectivity index (χ4n) is 9.88. The number of aromatic nitrogens is 1. The Morgan fingerprint density at radius 3 is 1.98 bits per heavy atom. The van der Waals surface area contributed by atoms with Gasteiger partial charge in [0, 0.05) is 74.1 Å². The highest BCUT2D eigenvalue weighted by Crippen LogP contribution is 2.55. The van der Waals surface area contributed by atoms with Crippen molar-refractivity contribution in [3.63, 3.8) is 0 Å². The first-order valence-electron chi connectivity index (χ1n) is 19.2. The number of hydrogen-bond acceptors (Lipinski definition) is 3. The van der Waals surface area contributed by atoms with Crippen molar-refractivity contribution in [2.24, 2.45) is 0 Å². The summed E-state index contributed by atoms with van der Waals surface area (Å²) in [5.74, 6) is 0.333. The zero-order valence-corrected chi connectivity index (χ0v) is 32.0. The Bertz CT molecular complexity index is 2970. The number of allylic oxidation sites excluding steroid dienone is 2. The summed E-state index contributed by atoms with van der Waals surface area (Å²) in [5, 5.41) is 8.35. The smallest absolute Gasteiger partial charge is 0.0712 e. The number of aryl methyl sites for hydroxylation is 2. The Morgan fingerprint density at radius 1 is 0.604 bits per heavy atom. The number of rotatable bonds is 6. The van der Waals surface area contributed by atoms with Crippen LogP contribution in [0.1, 0.15) is 56.2 Å². The minimum atomic E-state index is -0.142. The van der Waals surface area contributed by atoms with Crippen LogP contribution in [-0.2, 0) is 12.8 Å². The molecule has 2 nitrogen and oxygen atoms in total. The zero-order valence-electron chi connectivity index (χ0n) is 30.3. The Hall–Kier alpha value is -5.16. The van der Waals surface area contributed by atoms with E-state index in [1.807, 2.05) is 22.7 Å². The number of fused-ring (bicyclic) bond motifs is 13. The van der Waals surface area contributed by atoms with E-state index in [9.17, 15) is 0 Å². The minimum Gasteiger partial charge on any atom is -0.331 e. The summed E-state index contributed by atoms with van der Waals surface area (Å²) in [6, 6.07) is 41.2. The molecule has 1 aliphatic carbocycles. The van der Waals surface area contributed by atoms with Crippen molar-refractivity contribution in [1.29, 1.82) is 0 Å². The average molecular weight is 721 g/mol. The maximum atomic E-state index is 2.59. The van der Waals surface area contributed by atoms with Crippen LogP contribution in [0.5, 0.6) is 0 Å². The second-order valence-electron chi connectivity index (χ2n) is 15.1. The third kappa shape index (κ3) is 4.31. The van der Waals surface area contributed by atoms with Crippen LogP contribution < -0.4 is 4.90 Å². The molecule has 0 saturated heterocycles. The predicted octanol–water partition coefficient (Wildman–Crippen LogP) is 14.5. The quantitative estimate of drug-likeness (QED) is 0.166. The second-order valence-corrected chi connectivity index (χ2v) is 17.2. The van der Waals surface area contributed by atoms with E-state index in [-0.39, 0.29) is 5.54 Å². The van der Waals surface area contributed by atoms with Crippen molar-refractivity contribution in [3.8, 4) is 5.69 Å². The van der Waals surface area contributed by atoms with Gasteiger partial charge < -0.3 is 9.47 Å². The van der Waals surface area contributed by atoms with Crippen LogP contribution in [0.25, 0.3) is 67.8 Å². The lowest BCUT2D eigenvalue weighted by molar-refractivity contribution is 0.542. The van der Waals surface area contributed by atoms with Crippen LogP contribution in [-0.4, -0.2) is 10.1 Å². The fraction of sp³-hybridized carbons (Fsp3) is 0.184. The summed E-state index contributed by atoms with van der Waals surface area (Å²) >= 11 is 4.02. The molecule has 0 amide bonds. The summed E-state index contributed by atoms with van der Waals surface area (Å²) in [4.78, 5) is 2.59. The van der Waals surface area contributed by atoms with Gasteiger partial charge in [0.1, 0.15) is 0 Å². The normalized spacial score (nSPS) is 18.1. The predicted molar refractivity (Wildman–Crippen MR) is 233 cm³/mol. The van der Waals surface area contributed by atoms with Crippen LogP contribution >= 0.6 is 22.7 Å². The first-order valence-corrected chi connectivity index (χ1v) is 20.8. The van der Waals surface area contributed by atoms with E-state index in [1.165, 1.54) is 84.8 Å². The molecular weight excluding hydrogens is 681 g/mol. The molecule has 1 aliphatic heterocycles. The molecular formula is C49H40N2S2. The van der Waals surface area contributed by atoms with E-state index in [0.29, 0.717) is 5.92 Å². The Kier molecular flexibility index (Phi) is 6.91. The third-order valence-corrected chi connectivity index (χ3v) is 14.5. The van der Waals surface area contributed by atoms with Crippen LogP contribution in [0.2, 0.25) is 0 Å². The van der Waals surface area contributed by atoms with Crippen LogP contribution in [0.15, 0.2) is 133 Å². The molecule has 4 heteroatoms. The van der Waals surface area contributed by atoms with Crippen molar-refractivity contribution < 1.29 is 0 Å². The molecule has 3 aromatic heterocycles. The van der Waals surface area contributed by atoms with E-state index >= 15 is 0 Å². The van der Waals surface area contributed by atoms with E-state index < -0.39 is 0 Å². The molecule has 2 unspecified atom stereocenters. The molecule has 9 aromatic rings. The van der Waals surface area contributed by atoms with Gasteiger partial charge in [-0.25, -0.2) is 0 Å². The Morgan fingerprint density at radius 2 is 1.23 bits per heavy atom. The standard InChI is InChI=1S/C49H40N2S2/c1-4-14-34-35(15-5-2)47-46(38-26-24-31(29-44(38)52-47)51-42-22-11-8-18-36(42)39-19-12-13-27-49(39,51)3)48-45(34)37-25-23-30(28-43(37)53-48)50-40-20-9-6-16-32(40)33-17-7-10-21-41(33)50/h6-13,16-29,39H,4-5,14-15H2,1-3H3. The van der Waals surface area contributed by atoms with Crippen molar-refractivity contribution >= 4 is 96.2 Å². The maximum absolute atomic E-state index is 2.59. The van der Waals surface area contributed by atoms with E-state index in [1.54, 1.807) is 11.1 Å². The van der Waals surface area contributed by atoms with Crippen molar-refractivity contribution in [2.75, 3.05) is 4.90 Å². The number of nitrogens with zero attached hydrogens (tertiary/aromatic N) is 2. The summed E-state index contributed by atoms with van der Waals surface area (Å²) in [6.45, 7) is 7.08. The maximum Gasteiger partial charge on any atom is 0.0712 e. The van der Waals surface area contributed by atoms with E-state index in [0.717, 1.165) is 25.7 Å². The van der Waals surface area contributed by atoms with E-state index in [4.69, 9.17) is 0 Å². The summed E-state index contributed by atoms with van der Waals surface area (Å²) < 4.78 is 8.16. The molecule has 0 radical (unpaired) electrons. The zero-order chi connectivity index (χ0) is 35.4. The van der Waals surface area contributed by atoms with Gasteiger partial charge in [0.15, 0.2) is 0 Å². The summed E-state index contributed by atoms with van der Waals surface area (Å²) in [6.07, 6.45) is 13.7. The van der Waals surface area contributed by atoms with Crippen molar-refractivity contribution in [1.82, 2.24) is 4.57 Å². The molecule has 0 N–H and O–H groups in total. The molecule has 2 atom stereocenters. The molecule has 4 heterocycles. The topological polar surface area (TPSA) is 8.17 Å². The second kappa shape index (κ2) is 11.7. The molecule has 0 saturated carbocycles. The summed E-state index contributed by atoms with van der Waals surface area (Å²) in [7, 11) is 0. The molecule has 258 valence electrons. The molecule has 11 rings (SSSR count). The Balaban J connectivity index is 1.16. The number of hydrogen-bond donors (Lipinski definition) is 0. The fourth-order valence-corrected chi connectivity index (χ4v) is 12.6. The minimum absolute atomic E-state index is 0.142. The van der Waals surface area contributed by atoms with E-state index in [2.05, 4.69) is 164 Å². The molecule has 2 aliphatic rings. The van der Waals surface area contributed by atoms with Gasteiger partial charge in [-0.05, 0) is 78.9 Å². The molecule has 0 bridgehead atoms.